The van der Waals surface area contributed by atoms with E-state index >= 15 is 0 Å². The van der Waals surface area contributed by atoms with Gasteiger partial charge in [0.15, 0.2) is 5.78 Å². The molecular formula is C19H28N2O4. The minimum atomic E-state index is -0.540. The third-order valence-corrected chi connectivity index (χ3v) is 5.23. The van der Waals surface area contributed by atoms with Gasteiger partial charge in [0.2, 0.25) is 5.91 Å². The predicted octanol–water partition coefficient (Wildman–Crippen LogP) is 2.94. The monoisotopic (exact) mass is 348 g/mol. The van der Waals surface area contributed by atoms with Gasteiger partial charge in [-0.2, -0.15) is 0 Å². The number of ketones is 1. The first-order valence-corrected chi connectivity index (χ1v) is 8.78. The number of hydrogen-bond donors (Lipinski definition) is 2. The fourth-order valence-corrected chi connectivity index (χ4v) is 3.59. The Bertz CT molecular complexity index is 682. The predicted molar refractivity (Wildman–Crippen MR) is 94.8 cm³/mol. The van der Waals surface area contributed by atoms with Crippen LogP contribution < -0.4 is 5.32 Å². The van der Waals surface area contributed by atoms with Gasteiger partial charge < -0.3 is 15.0 Å². The van der Waals surface area contributed by atoms with Gasteiger partial charge >= 0.3 is 5.97 Å². The molecule has 2 N–H and O–H groups in total. The molecule has 1 fully saturated rings. The van der Waals surface area contributed by atoms with Gasteiger partial charge in [-0.1, -0.05) is 6.92 Å². The maximum Gasteiger partial charge on any atom is 0.339 e. The molecule has 0 radical (unpaired) electrons. The molecule has 0 unspecified atom stereocenters. The number of Topliss-reactive ketones (excluding diaryl/α,β-unsaturated/α-hetero) is 1. The van der Waals surface area contributed by atoms with E-state index in [1.807, 2.05) is 0 Å². The summed E-state index contributed by atoms with van der Waals surface area (Å²) in [4.78, 5) is 39.3. The van der Waals surface area contributed by atoms with Gasteiger partial charge in [0, 0.05) is 18.2 Å². The van der Waals surface area contributed by atoms with E-state index in [0.717, 1.165) is 25.7 Å². The largest absolute Gasteiger partial charge is 0.465 e. The lowest BCUT2D eigenvalue weighted by atomic mass is 9.78. The van der Waals surface area contributed by atoms with E-state index < -0.39 is 5.97 Å². The second-order valence-corrected chi connectivity index (χ2v) is 7.49. The van der Waals surface area contributed by atoms with E-state index in [1.165, 1.54) is 14.0 Å². The van der Waals surface area contributed by atoms with Crippen LogP contribution in [0, 0.1) is 12.8 Å². The Labute approximate surface area is 148 Å². The van der Waals surface area contributed by atoms with Crippen LogP contribution in [0.25, 0.3) is 0 Å². The van der Waals surface area contributed by atoms with Crippen molar-refractivity contribution in [2.24, 2.45) is 5.92 Å². The second kappa shape index (κ2) is 7.42. The zero-order chi connectivity index (χ0) is 18.8. The molecule has 1 saturated carbocycles. The van der Waals surface area contributed by atoms with Crippen molar-refractivity contribution in [1.82, 2.24) is 10.3 Å². The van der Waals surface area contributed by atoms with E-state index in [9.17, 15) is 14.4 Å². The summed E-state index contributed by atoms with van der Waals surface area (Å²) in [7, 11) is 1.29. The molecule has 1 aliphatic rings. The summed E-state index contributed by atoms with van der Waals surface area (Å²) < 4.78 is 4.81. The number of ether oxygens (including phenoxy) is 1. The van der Waals surface area contributed by atoms with E-state index in [0.29, 0.717) is 22.9 Å². The highest BCUT2D eigenvalue weighted by atomic mass is 16.5. The number of amides is 1. The molecule has 25 heavy (non-hydrogen) atoms. The Hall–Kier alpha value is -2.11. The van der Waals surface area contributed by atoms with Crippen LogP contribution in [0.15, 0.2) is 0 Å². The van der Waals surface area contributed by atoms with Gasteiger partial charge in [-0.3, -0.25) is 9.59 Å². The van der Waals surface area contributed by atoms with Crippen molar-refractivity contribution in [3.8, 4) is 0 Å². The number of nitrogens with one attached hydrogen (secondary N) is 2. The minimum absolute atomic E-state index is 0.0176. The third-order valence-electron chi connectivity index (χ3n) is 5.23. The number of hydrogen-bond acceptors (Lipinski definition) is 4. The Morgan fingerprint density at radius 2 is 1.88 bits per heavy atom. The van der Waals surface area contributed by atoms with Gasteiger partial charge in [-0.25, -0.2) is 4.79 Å². The number of rotatable bonds is 5. The van der Waals surface area contributed by atoms with Gasteiger partial charge in [0.1, 0.15) is 0 Å². The Kier molecular flexibility index (Phi) is 5.70. The highest BCUT2D eigenvalue weighted by Crippen LogP contribution is 2.31. The number of esters is 1. The summed E-state index contributed by atoms with van der Waals surface area (Å²) in [5, 5.41) is 3.11. The molecule has 0 aromatic carbocycles. The number of aromatic nitrogens is 1. The molecule has 0 aliphatic heterocycles. The number of carbonyl (C=O) groups is 3. The highest BCUT2D eigenvalue weighted by molar-refractivity contribution is 6.01. The second-order valence-electron chi connectivity index (χ2n) is 7.49. The van der Waals surface area contributed by atoms with Gasteiger partial charge in [-0.05, 0) is 51.0 Å². The van der Waals surface area contributed by atoms with Crippen LogP contribution >= 0.6 is 0 Å². The fourth-order valence-electron chi connectivity index (χ4n) is 3.59. The quantitative estimate of drug-likeness (QED) is 0.632. The maximum atomic E-state index is 12.6. The molecule has 138 valence electrons. The van der Waals surface area contributed by atoms with Crippen molar-refractivity contribution < 1.29 is 19.1 Å². The van der Waals surface area contributed by atoms with Gasteiger partial charge in [0.25, 0.3) is 0 Å². The topological polar surface area (TPSA) is 88.3 Å². The first kappa shape index (κ1) is 19.2. The molecule has 0 spiro atoms. The molecule has 0 bridgehead atoms. The van der Waals surface area contributed by atoms with E-state index in [-0.39, 0.29) is 29.2 Å². The van der Waals surface area contributed by atoms with Crippen molar-refractivity contribution in [2.45, 2.75) is 65.3 Å². The van der Waals surface area contributed by atoms with Crippen LogP contribution in [-0.2, 0) is 16.0 Å². The fraction of sp³-hybridized carbons (Fsp3) is 0.632. The lowest BCUT2D eigenvalue weighted by Gasteiger charge is -2.37. The van der Waals surface area contributed by atoms with Crippen molar-refractivity contribution in [3.05, 3.63) is 22.5 Å². The minimum Gasteiger partial charge on any atom is -0.465 e. The zero-order valence-corrected chi connectivity index (χ0v) is 15.7. The van der Waals surface area contributed by atoms with Crippen LogP contribution in [-0.4, -0.2) is 35.3 Å². The summed E-state index contributed by atoms with van der Waals surface area (Å²) in [6.45, 7) is 7.41. The smallest absolute Gasteiger partial charge is 0.339 e. The average molecular weight is 348 g/mol. The average Bonchev–Trinajstić information content (AvgIpc) is 2.86. The third kappa shape index (κ3) is 4.30. The number of methoxy groups -OCH3 is 1. The van der Waals surface area contributed by atoms with Gasteiger partial charge in [0.05, 0.1) is 24.8 Å². The summed E-state index contributed by atoms with van der Waals surface area (Å²) in [5.41, 5.74) is 1.38. The van der Waals surface area contributed by atoms with Crippen LogP contribution in [0.2, 0.25) is 0 Å². The molecule has 2 rings (SSSR count). The summed E-state index contributed by atoms with van der Waals surface area (Å²) in [6.07, 6.45) is 4.11. The Balaban J connectivity index is 2.18. The standard InChI is InChI=1S/C19H28N2O4/c1-11-6-8-19(4,9-7-11)21-15(23)10-14-16(18(24)25-5)12(2)17(20-14)13(3)22/h11,20H,6-10H2,1-5H3,(H,21,23). The molecule has 0 saturated heterocycles. The molecule has 6 heteroatoms. The lowest BCUT2D eigenvalue weighted by molar-refractivity contribution is -0.122. The molecule has 1 aliphatic carbocycles. The molecule has 1 aromatic heterocycles. The molecule has 1 aromatic rings. The van der Waals surface area contributed by atoms with Crippen LogP contribution in [0.1, 0.15) is 78.6 Å². The lowest BCUT2D eigenvalue weighted by Crippen LogP contribution is -2.48. The SMILES string of the molecule is COC(=O)c1c(CC(=O)NC2(C)CCC(C)CC2)[nH]c(C(C)=O)c1C. The zero-order valence-electron chi connectivity index (χ0n) is 15.7. The number of carbonyl (C=O) groups excluding carboxylic acids is 3. The van der Waals surface area contributed by atoms with Crippen molar-refractivity contribution in [3.63, 3.8) is 0 Å². The van der Waals surface area contributed by atoms with Crippen LogP contribution in [0.4, 0.5) is 0 Å². The Morgan fingerprint density at radius 1 is 1.28 bits per heavy atom. The first-order valence-electron chi connectivity index (χ1n) is 8.78. The molecule has 1 amide bonds. The summed E-state index contributed by atoms with van der Waals surface area (Å²) >= 11 is 0. The maximum absolute atomic E-state index is 12.6. The van der Waals surface area contributed by atoms with Crippen molar-refractivity contribution in [2.75, 3.05) is 7.11 Å². The normalized spacial score (nSPS) is 23.2. The van der Waals surface area contributed by atoms with Crippen LogP contribution in [0.5, 0.6) is 0 Å². The van der Waals surface area contributed by atoms with E-state index in [2.05, 4.69) is 24.1 Å². The van der Waals surface area contributed by atoms with Crippen LogP contribution in [0.3, 0.4) is 0 Å². The van der Waals surface area contributed by atoms with E-state index in [1.54, 1.807) is 6.92 Å². The Morgan fingerprint density at radius 3 is 2.40 bits per heavy atom. The van der Waals surface area contributed by atoms with Crippen molar-refractivity contribution >= 4 is 17.7 Å². The number of H-pyrrole nitrogens is 1. The van der Waals surface area contributed by atoms with Gasteiger partial charge in [-0.15, -0.1) is 0 Å². The summed E-state index contributed by atoms with van der Waals surface area (Å²) in [6, 6.07) is 0. The first-order chi connectivity index (χ1) is 11.7. The van der Waals surface area contributed by atoms with Crippen molar-refractivity contribution in [1.29, 1.82) is 0 Å². The number of aromatic amines is 1. The summed E-state index contributed by atoms with van der Waals surface area (Å²) in [5.74, 6) is -0.178. The highest BCUT2D eigenvalue weighted by Gasteiger charge is 2.32. The van der Waals surface area contributed by atoms with E-state index in [4.69, 9.17) is 4.74 Å². The molecule has 1 heterocycles. The molecular weight excluding hydrogens is 320 g/mol. The molecule has 0 atom stereocenters. The molecule has 6 nitrogen and oxygen atoms in total.